The van der Waals surface area contributed by atoms with E-state index in [0.29, 0.717) is 43.9 Å². The van der Waals surface area contributed by atoms with Crippen LogP contribution in [0.4, 0.5) is 0 Å². The van der Waals surface area contributed by atoms with Crippen LogP contribution < -0.4 is 10.9 Å². The van der Waals surface area contributed by atoms with E-state index >= 15 is 0 Å². The molecule has 1 aliphatic carbocycles. The number of nitrogens with one attached hydrogen (secondary N) is 1. The van der Waals surface area contributed by atoms with Crippen LogP contribution in [0.3, 0.4) is 0 Å². The molecule has 1 aromatic carbocycles. The Balaban J connectivity index is 1.17. The average molecular weight is 545 g/mol. The van der Waals surface area contributed by atoms with Gasteiger partial charge < -0.3 is 15.3 Å². The van der Waals surface area contributed by atoms with Gasteiger partial charge in [0.1, 0.15) is 5.52 Å². The zero-order chi connectivity index (χ0) is 28.0. The molecule has 2 atom stereocenters. The van der Waals surface area contributed by atoms with Gasteiger partial charge in [-0.05, 0) is 62.9 Å². The van der Waals surface area contributed by atoms with Gasteiger partial charge >= 0.3 is 0 Å². The number of aromatic nitrogens is 6. The number of carbonyl (C=O) groups excluding carboxylic acids is 1. The van der Waals surface area contributed by atoms with Gasteiger partial charge in [-0.15, -0.1) is 0 Å². The minimum atomic E-state index is -1.11. The fourth-order valence-corrected chi connectivity index (χ4v) is 6.26. The molecule has 210 valence electrons. The molecular formula is C29H36N8O3. The second-order valence-corrected chi connectivity index (χ2v) is 11.3. The van der Waals surface area contributed by atoms with E-state index in [1.165, 1.54) is 22.0 Å². The smallest absolute Gasteiger partial charge is 0.281 e. The van der Waals surface area contributed by atoms with Crippen molar-refractivity contribution in [2.45, 2.75) is 63.3 Å². The van der Waals surface area contributed by atoms with Crippen LogP contribution in [0.15, 0.2) is 47.8 Å². The lowest BCUT2D eigenvalue weighted by Crippen LogP contribution is -2.49. The van der Waals surface area contributed by atoms with Gasteiger partial charge in [0.2, 0.25) is 5.91 Å². The summed E-state index contributed by atoms with van der Waals surface area (Å²) in [6.45, 7) is 2.95. The summed E-state index contributed by atoms with van der Waals surface area (Å²) in [6, 6.07) is 8.59. The minimum Gasteiger partial charge on any atom is -0.388 e. The number of fused-ring (bicyclic) bond motifs is 2. The summed E-state index contributed by atoms with van der Waals surface area (Å²) in [7, 11) is 3.82. The highest BCUT2D eigenvalue weighted by Crippen LogP contribution is 2.35. The van der Waals surface area contributed by atoms with Gasteiger partial charge in [0.25, 0.3) is 5.56 Å². The van der Waals surface area contributed by atoms with Crippen molar-refractivity contribution in [3.63, 3.8) is 0 Å². The molecule has 4 heterocycles. The minimum absolute atomic E-state index is 0.0370. The molecule has 1 aliphatic heterocycles. The van der Waals surface area contributed by atoms with Crippen LogP contribution in [-0.4, -0.2) is 70.8 Å². The van der Waals surface area contributed by atoms with Gasteiger partial charge in [0, 0.05) is 50.6 Å². The first kappa shape index (κ1) is 26.4. The molecule has 11 nitrogen and oxygen atoms in total. The van der Waals surface area contributed by atoms with Crippen LogP contribution in [0.2, 0.25) is 0 Å². The number of aliphatic hydroxyl groups is 1. The molecule has 0 radical (unpaired) electrons. The zero-order valence-electron chi connectivity index (χ0n) is 23.2. The van der Waals surface area contributed by atoms with E-state index in [2.05, 4.69) is 38.7 Å². The highest BCUT2D eigenvalue weighted by molar-refractivity contribution is 5.89. The zero-order valence-corrected chi connectivity index (χ0v) is 23.2. The number of likely N-dealkylation sites (tertiary alicyclic amines) is 1. The maximum atomic E-state index is 13.5. The van der Waals surface area contributed by atoms with Crippen molar-refractivity contribution in [2.24, 2.45) is 7.05 Å². The highest BCUT2D eigenvalue weighted by atomic mass is 16.3. The summed E-state index contributed by atoms with van der Waals surface area (Å²) in [5, 5.41) is 23.5. The van der Waals surface area contributed by atoms with Crippen LogP contribution in [0.25, 0.3) is 22.3 Å². The van der Waals surface area contributed by atoms with Gasteiger partial charge in [-0.25, -0.2) is 4.98 Å². The highest BCUT2D eigenvalue weighted by Gasteiger charge is 2.35. The Morgan fingerprint density at radius 3 is 2.77 bits per heavy atom. The molecule has 0 bridgehead atoms. The molecule has 40 heavy (non-hydrogen) atoms. The van der Waals surface area contributed by atoms with Gasteiger partial charge in [-0.2, -0.15) is 10.2 Å². The van der Waals surface area contributed by atoms with Gasteiger partial charge in [-0.1, -0.05) is 12.1 Å². The Morgan fingerprint density at radius 2 is 2.05 bits per heavy atom. The first-order chi connectivity index (χ1) is 19.3. The van der Waals surface area contributed by atoms with Gasteiger partial charge in [0.05, 0.1) is 30.2 Å². The first-order valence-electron chi connectivity index (χ1n) is 14.0. The topological polar surface area (TPSA) is 123 Å². The molecule has 11 heteroatoms. The lowest BCUT2D eigenvalue weighted by Gasteiger charge is -2.38. The monoisotopic (exact) mass is 544 g/mol. The number of hydrogen-bond donors (Lipinski definition) is 2. The number of piperidine rings is 1. The van der Waals surface area contributed by atoms with Crippen molar-refractivity contribution in [3.8, 4) is 11.3 Å². The lowest BCUT2D eigenvalue weighted by molar-refractivity contribution is -0.136. The number of carbonyl (C=O) groups is 1. The molecule has 2 N–H and O–H groups in total. The van der Waals surface area contributed by atoms with Gasteiger partial charge in [0.15, 0.2) is 5.52 Å². The Bertz CT molecular complexity index is 1600. The largest absolute Gasteiger partial charge is 0.388 e. The van der Waals surface area contributed by atoms with E-state index in [4.69, 9.17) is 0 Å². The van der Waals surface area contributed by atoms with Crippen molar-refractivity contribution in [2.75, 3.05) is 20.1 Å². The normalized spacial score (nSPS) is 19.2. The molecule has 1 fully saturated rings. The lowest BCUT2D eigenvalue weighted by atomic mass is 9.91. The SMILES string of the molecule is CNC1CCc2cc(-c3c4ncn(CC5(O)CCN(C(=O)CC(C)n6cccn6)CC5)c(=O)c4nn3C)ccc21. The van der Waals surface area contributed by atoms with E-state index in [1.807, 2.05) is 33.3 Å². The van der Waals surface area contributed by atoms with Gasteiger partial charge in [-0.3, -0.25) is 23.5 Å². The third-order valence-electron chi connectivity index (χ3n) is 8.61. The molecule has 2 unspecified atom stereocenters. The Kier molecular flexibility index (Phi) is 6.79. The molecule has 3 aromatic heterocycles. The Labute approximate surface area is 232 Å². The third-order valence-corrected chi connectivity index (χ3v) is 8.61. The molecule has 1 amide bonds. The van der Waals surface area contributed by atoms with Crippen LogP contribution >= 0.6 is 0 Å². The van der Waals surface area contributed by atoms with E-state index < -0.39 is 5.60 Å². The predicted molar refractivity (Wildman–Crippen MR) is 151 cm³/mol. The number of benzene rings is 1. The van der Waals surface area contributed by atoms with Crippen LogP contribution in [-0.2, 0) is 24.8 Å². The number of amides is 1. The number of rotatable bonds is 7. The second-order valence-electron chi connectivity index (χ2n) is 11.3. The second kappa shape index (κ2) is 10.3. The van der Waals surface area contributed by atoms with Crippen molar-refractivity contribution < 1.29 is 9.90 Å². The summed E-state index contributed by atoms with van der Waals surface area (Å²) in [6.07, 6.45) is 8.27. The van der Waals surface area contributed by atoms with Crippen LogP contribution in [0, 0.1) is 0 Å². The van der Waals surface area contributed by atoms with Crippen molar-refractivity contribution in [1.29, 1.82) is 0 Å². The molecule has 4 aromatic rings. The maximum Gasteiger partial charge on any atom is 0.281 e. The van der Waals surface area contributed by atoms with Crippen molar-refractivity contribution in [3.05, 3.63) is 64.5 Å². The Hall–Kier alpha value is -3.83. The van der Waals surface area contributed by atoms with Crippen LogP contribution in [0.1, 0.15) is 55.8 Å². The van der Waals surface area contributed by atoms with E-state index in [0.717, 1.165) is 24.1 Å². The summed E-state index contributed by atoms with van der Waals surface area (Å²) in [5.74, 6) is 0.0411. The predicted octanol–water partition coefficient (Wildman–Crippen LogP) is 2.20. The van der Waals surface area contributed by atoms with E-state index in [-0.39, 0.29) is 29.6 Å². The molecule has 0 spiro atoms. The van der Waals surface area contributed by atoms with Crippen molar-refractivity contribution >= 4 is 16.9 Å². The number of nitrogens with zero attached hydrogens (tertiary/aromatic N) is 7. The maximum absolute atomic E-state index is 13.5. The van der Waals surface area contributed by atoms with Crippen LogP contribution in [0.5, 0.6) is 0 Å². The standard InChI is InChI=1S/C29H36N8O3/c1-19(37-12-4-11-32-37)15-24(38)35-13-9-29(40,10-14-35)17-36-18-31-25-26(28(36)39)33-34(3)27(25)21-5-7-22-20(16-21)6-8-23(22)30-2/h4-5,7,11-12,16,18-19,23,30,40H,6,8-10,13-15,17H2,1-3H3. The fourth-order valence-electron chi connectivity index (χ4n) is 6.26. The fraction of sp³-hybridized carbons (Fsp3) is 0.483. The number of hydrogen-bond acceptors (Lipinski definition) is 7. The Morgan fingerprint density at radius 1 is 1.25 bits per heavy atom. The molecule has 1 saturated heterocycles. The first-order valence-corrected chi connectivity index (χ1v) is 14.0. The quantitative estimate of drug-likeness (QED) is 0.366. The molecular weight excluding hydrogens is 508 g/mol. The summed E-state index contributed by atoms with van der Waals surface area (Å²) < 4.78 is 4.95. The van der Waals surface area contributed by atoms with Crippen molar-refractivity contribution in [1.82, 2.24) is 39.3 Å². The summed E-state index contributed by atoms with van der Waals surface area (Å²) >= 11 is 0. The van der Waals surface area contributed by atoms with E-state index in [9.17, 15) is 14.7 Å². The summed E-state index contributed by atoms with van der Waals surface area (Å²) in [5.41, 5.74) is 3.90. The summed E-state index contributed by atoms with van der Waals surface area (Å²) in [4.78, 5) is 32.7. The average Bonchev–Trinajstić information content (AvgIpc) is 3.69. The molecule has 6 rings (SSSR count). The third kappa shape index (κ3) is 4.73. The molecule has 0 saturated carbocycles. The molecule has 2 aliphatic rings. The van der Waals surface area contributed by atoms with E-state index in [1.54, 1.807) is 20.5 Å². The number of aryl methyl sites for hydroxylation is 2.